The van der Waals surface area contributed by atoms with Crippen LogP contribution in [0.5, 0.6) is 5.75 Å². The highest BCUT2D eigenvalue weighted by atomic mass is 35.5. The van der Waals surface area contributed by atoms with E-state index in [1.165, 1.54) is 0 Å². The molecule has 1 rings (SSSR count). The van der Waals surface area contributed by atoms with Gasteiger partial charge in [-0.2, -0.15) is 0 Å². The van der Waals surface area contributed by atoms with Crippen molar-refractivity contribution in [3.63, 3.8) is 0 Å². The van der Waals surface area contributed by atoms with E-state index in [-0.39, 0.29) is 18.3 Å². The van der Waals surface area contributed by atoms with E-state index in [9.17, 15) is 4.79 Å². The van der Waals surface area contributed by atoms with E-state index in [0.717, 1.165) is 12.2 Å². The molecule has 0 saturated heterocycles. The highest BCUT2D eigenvalue weighted by Gasteiger charge is 2.12. The third-order valence-electron chi connectivity index (χ3n) is 2.49. The van der Waals surface area contributed by atoms with Gasteiger partial charge < -0.3 is 15.4 Å². The number of rotatable bonds is 6. The molecule has 108 valence electrons. The summed E-state index contributed by atoms with van der Waals surface area (Å²) in [4.78, 5) is 13.1. The molecular weight excluding hydrogens is 287 g/mol. The van der Waals surface area contributed by atoms with E-state index in [1.54, 1.807) is 31.0 Å². The number of carbonyl (C=O) groups is 1. The predicted molar refractivity (Wildman–Crippen MR) is 80.1 cm³/mol. The molecule has 0 radical (unpaired) electrons. The number of amides is 1. The van der Waals surface area contributed by atoms with E-state index < -0.39 is 6.04 Å². The van der Waals surface area contributed by atoms with Crippen molar-refractivity contribution in [2.24, 2.45) is 5.73 Å². The van der Waals surface area contributed by atoms with Crippen LogP contribution in [0.25, 0.3) is 0 Å². The normalized spacial score (nSPS) is 11.4. The lowest BCUT2D eigenvalue weighted by Gasteiger charge is -2.19. The largest absolute Gasteiger partial charge is 0.494 e. The van der Waals surface area contributed by atoms with Gasteiger partial charge in [-0.05, 0) is 37.6 Å². The van der Waals surface area contributed by atoms with Crippen LogP contribution < -0.4 is 10.5 Å². The molecule has 4 nitrogen and oxygen atoms in total. The Kier molecular flexibility index (Phi) is 8.56. The average molecular weight is 307 g/mol. The minimum atomic E-state index is -0.452. The Morgan fingerprint density at radius 3 is 2.53 bits per heavy atom. The minimum absolute atomic E-state index is 0. The first-order valence-electron chi connectivity index (χ1n) is 5.89. The second-order valence-corrected chi connectivity index (χ2v) is 4.64. The van der Waals surface area contributed by atoms with Crippen molar-refractivity contribution in [3.8, 4) is 5.75 Å². The van der Waals surface area contributed by atoms with Gasteiger partial charge in [0, 0.05) is 18.6 Å². The molecule has 1 amide bonds. The molecule has 0 aliphatic heterocycles. The molecule has 0 unspecified atom stereocenters. The summed E-state index contributed by atoms with van der Waals surface area (Å²) in [5, 5.41) is 0.685. The zero-order valence-corrected chi connectivity index (χ0v) is 12.7. The van der Waals surface area contributed by atoms with Crippen molar-refractivity contribution in [2.45, 2.75) is 19.4 Å². The van der Waals surface area contributed by atoms with Gasteiger partial charge in [0.15, 0.2) is 0 Å². The van der Waals surface area contributed by atoms with Gasteiger partial charge in [-0.1, -0.05) is 11.6 Å². The molecule has 1 aromatic carbocycles. The van der Waals surface area contributed by atoms with Crippen molar-refractivity contribution in [1.82, 2.24) is 4.90 Å². The van der Waals surface area contributed by atoms with Crippen LogP contribution in [0.4, 0.5) is 0 Å². The number of carbonyl (C=O) groups excluding carboxylic acids is 1. The van der Waals surface area contributed by atoms with E-state index in [2.05, 4.69) is 0 Å². The summed E-state index contributed by atoms with van der Waals surface area (Å²) in [6, 6.07) is 6.75. The van der Waals surface area contributed by atoms with Gasteiger partial charge in [0.1, 0.15) is 5.75 Å². The Morgan fingerprint density at radius 1 is 1.42 bits per heavy atom. The Bertz CT molecular complexity index is 383. The third-order valence-corrected chi connectivity index (χ3v) is 2.74. The van der Waals surface area contributed by atoms with Crippen LogP contribution in [-0.2, 0) is 4.79 Å². The summed E-state index contributed by atoms with van der Waals surface area (Å²) >= 11 is 5.77. The first kappa shape index (κ1) is 18.0. The highest BCUT2D eigenvalue weighted by molar-refractivity contribution is 6.30. The number of benzene rings is 1. The van der Waals surface area contributed by atoms with Gasteiger partial charge in [0.25, 0.3) is 0 Å². The van der Waals surface area contributed by atoms with Crippen LogP contribution in [0, 0.1) is 0 Å². The fourth-order valence-corrected chi connectivity index (χ4v) is 1.61. The van der Waals surface area contributed by atoms with E-state index in [4.69, 9.17) is 22.1 Å². The lowest BCUT2D eigenvalue weighted by Crippen LogP contribution is -2.40. The van der Waals surface area contributed by atoms with Gasteiger partial charge in [0.2, 0.25) is 5.91 Å². The van der Waals surface area contributed by atoms with Gasteiger partial charge in [-0.3, -0.25) is 4.79 Å². The lowest BCUT2D eigenvalue weighted by molar-refractivity contribution is -0.130. The smallest absolute Gasteiger partial charge is 0.238 e. The summed E-state index contributed by atoms with van der Waals surface area (Å²) < 4.78 is 5.52. The maximum Gasteiger partial charge on any atom is 0.238 e. The molecule has 0 fully saturated rings. The molecule has 19 heavy (non-hydrogen) atoms. The summed E-state index contributed by atoms with van der Waals surface area (Å²) in [6.07, 6.45) is 0.761. The first-order chi connectivity index (χ1) is 8.50. The number of hydrogen-bond acceptors (Lipinski definition) is 3. The summed E-state index contributed by atoms with van der Waals surface area (Å²) in [5.41, 5.74) is 5.51. The summed E-state index contributed by atoms with van der Waals surface area (Å²) in [7, 11) is 1.74. The number of ether oxygens (including phenoxy) is 1. The molecular formula is C13H20Cl2N2O2. The molecule has 0 aliphatic rings. The number of hydrogen-bond donors (Lipinski definition) is 1. The molecule has 1 aromatic rings. The standard InChI is InChI=1S/C13H19ClN2O2.ClH/c1-10(15)13(17)16(2)8-3-9-18-12-6-4-11(14)5-7-12;/h4-7,10H,3,8-9,15H2,1-2H3;1H/t10-;/m1./s1. The zero-order chi connectivity index (χ0) is 13.5. The van der Waals surface area contributed by atoms with Crippen LogP contribution in [0.2, 0.25) is 5.02 Å². The molecule has 0 aromatic heterocycles. The SMILES string of the molecule is C[C@@H](N)C(=O)N(C)CCCOc1ccc(Cl)cc1.Cl. The van der Waals surface area contributed by atoms with Gasteiger partial charge >= 0.3 is 0 Å². The molecule has 0 saturated carbocycles. The van der Waals surface area contributed by atoms with Crippen molar-refractivity contribution in [1.29, 1.82) is 0 Å². The first-order valence-corrected chi connectivity index (χ1v) is 6.27. The Balaban J connectivity index is 0.00000324. The lowest BCUT2D eigenvalue weighted by atomic mass is 10.3. The maximum atomic E-state index is 11.5. The molecule has 0 bridgehead atoms. The Hall–Kier alpha value is -0.970. The van der Waals surface area contributed by atoms with Crippen molar-refractivity contribution >= 4 is 29.9 Å². The van der Waals surface area contributed by atoms with Gasteiger partial charge in [-0.15, -0.1) is 12.4 Å². The fourth-order valence-electron chi connectivity index (χ4n) is 1.48. The van der Waals surface area contributed by atoms with E-state index >= 15 is 0 Å². The van der Waals surface area contributed by atoms with E-state index in [0.29, 0.717) is 18.2 Å². The highest BCUT2D eigenvalue weighted by Crippen LogP contribution is 2.15. The minimum Gasteiger partial charge on any atom is -0.494 e. The number of halogens is 2. The number of likely N-dealkylation sites (N-methyl/N-ethyl adjacent to an activating group) is 1. The van der Waals surface area contributed by atoms with Crippen molar-refractivity contribution in [2.75, 3.05) is 20.2 Å². The van der Waals surface area contributed by atoms with Gasteiger partial charge in [-0.25, -0.2) is 0 Å². The maximum absolute atomic E-state index is 11.5. The fraction of sp³-hybridized carbons (Fsp3) is 0.462. The molecule has 2 N–H and O–H groups in total. The van der Waals surface area contributed by atoms with Crippen LogP contribution in [0.15, 0.2) is 24.3 Å². The Morgan fingerprint density at radius 2 is 2.00 bits per heavy atom. The molecule has 0 spiro atoms. The molecule has 0 aliphatic carbocycles. The monoisotopic (exact) mass is 306 g/mol. The predicted octanol–water partition coefficient (Wildman–Crippen LogP) is 2.34. The number of nitrogens with two attached hydrogens (primary N) is 1. The molecule has 0 heterocycles. The van der Waals surface area contributed by atoms with Crippen LogP contribution in [0.3, 0.4) is 0 Å². The quantitative estimate of drug-likeness (QED) is 0.821. The molecule has 1 atom stereocenters. The van der Waals surface area contributed by atoms with Crippen LogP contribution in [-0.4, -0.2) is 37.0 Å². The number of nitrogens with zero attached hydrogens (tertiary/aromatic N) is 1. The van der Waals surface area contributed by atoms with Crippen LogP contribution >= 0.6 is 24.0 Å². The zero-order valence-electron chi connectivity index (χ0n) is 11.1. The topological polar surface area (TPSA) is 55.6 Å². The third kappa shape index (κ3) is 6.66. The van der Waals surface area contributed by atoms with Crippen molar-refractivity contribution < 1.29 is 9.53 Å². The van der Waals surface area contributed by atoms with Gasteiger partial charge in [0.05, 0.1) is 12.6 Å². The summed E-state index contributed by atoms with van der Waals surface area (Å²) in [5.74, 6) is 0.724. The van der Waals surface area contributed by atoms with Crippen LogP contribution in [0.1, 0.15) is 13.3 Å². The average Bonchev–Trinajstić information content (AvgIpc) is 2.35. The summed E-state index contributed by atoms with van der Waals surface area (Å²) in [6.45, 7) is 2.87. The Labute approximate surface area is 125 Å². The van der Waals surface area contributed by atoms with E-state index in [1.807, 2.05) is 12.1 Å². The molecule has 6 heteroatoms. The second kappa shape index (κ2) is 9.02. The second-order valence-electron chi connectivity index (χ2n) is 4.20. The van der Waals surface area contributed by atoms with Crippen molar-refractivity contribution in [3.05, 3.63) is 29.3 Å².